The van der Waals surface area contributed by atoms with Crippen LogP contribution in [0.5, 0.6) is 0 Å². The highest BCUT2D eigenvalue weighted by atomic mass is 19.1. The third-order valence-corrected chi connectivity index (χ3v) is 5.42. The van der Waals surface area contributed by atoms with Gasteiger partial charge in [-0.1, -0.05) is 12.1 Å². The fourth-order valence-corrected chi connectivity index (χ4v) is 3.45. The number of anilines is 1. The Morgan fingerprint density at radius 3 is 2.27 bits per heavy atom. The number of ether oxygens (including phenoxy) is 1. The highest BCUT2D eigenvalue weighted by molar-refractivity contribution is 5.88. The predicted octanol–water partition coefficient (Wildman–Crippen LogP) is 4.38. The topological polar surface area (TPSA) is 76.9 Å². The molecule has 4 heterocycles. The highest BCUT2D eigenvalue weighted by Gasteiger charge is 2.21. The second kappa shape index (κ2) is 9.95. The second-order valence-electron chi connectivity index (χ2n) is 7.99. The van der Waals surface area contributed by atoms with Gasteiger partial charge in [0, 0.05) is 30.5 Å². The summed E-state index contributed by atoms with van der Waals surface area (Å²) < 4.78 is 20.1. The van der Waals surface area contributed by atoms with Crippen molar-refractivity contribution in [2.45, 2.75) is 27.7 Å². The number of benzene rings is 1. The molecule has 4 aromatic rings. The molecule has 5 rings (SSSR count). The Balaban J connectivity index is 0.000000318. The Bertz CT molecular complexity index is 1260. The van der Waals surface area contributed by atoms with E-state index in [9.17, 15) is 4.39 Å². The second-order valence-corrected chi connectivity index (χ2v) is 7.99. The van der Waals surface area contributed by atoms with Gasteiger partial charge in [-0.3, -0.25) is 4.98 Å². The van der Waals surface area contributed by atoms with E-state index in [0.29, 0.717) is 54.7 Å². The van der Waals surface area contributed by atoms with Gasteiger partial charge in [-0.25, -0.2) is 19.3 Å². The van der Waals surface area contributed by atoms with Crippen LogP contribution in [-0.2, 0) is 4.74 Å². The van der Waals surface area contributed by atoms with Crippen LogP contribution in [0.4, 0.5) is 10.3 Å². The molecule has 33 heavy (non-hydrogen) atoms. The molecule has 1 aliphatic heterocycles. The molecule has 0 radical (unpaired) electrons. The fourth-order valence-electron chi connectivity index (χ4n) is 3.45. The number of hydrogen-bond donors (Lipinski definition) is 0. The number of fused-ring (bicyclic) bond motifs is 1. The normalized spacial score (nSPS) is 13.5. The third-order valence-electron chi connectivity index (χ3n) is 5.42. The van der Waals surface area contributed by atoms with Gasteiger partial charge in [-0.2, -0.15) is 4.98 Å². The molecule has 0 amide bonds. The first-order valence-electron chi connectivity index (χ1n) is 10.9. The van der Waals surface area contributed by atoms with E-state index in [1.165, 1.54) is 6.07 Å². The van der Waals surface area contributed by atoms with Crippen molar-refractivity contribution in [2.24, 2.45) is 0 Å². The van der Waals surface area contributed by atoms with E-state index in [2.05, 4.69) is 24.9 Å². The summed E-state index contributed by atoms with van der Waals surface area (Å²) in [4.78, 5) is 24.5. The number of pyridine rings is 1. The molecular weight excluding hydrogens is 419 g/mol. The SMILES string of the molecule is Cc1ccc(-c2nc(N3CCOCC3)nc3nc(C)c(C)nc23)c(F)c1.Cc1ccccn1. The molecule has 1 aliphatic rings. The van der Waals surface area contributed by atoms with E-state index >= 15 is 0 Å². The van der Waals surface area contributed by atoms with Crippen LogP contribution in [0.15, 0.2) is 42.6 Å². The molecule has 1 saturated heterocycles. The first-order valence-corrected chi connectivity index (χ1v) is 10.9. The summed E-state index contributed by atoms with van der Waals surface area (Å²) in [7, 11) is 0. The zero-order valence-electron chi connectivity index (χ0n) is 19.3. The van der Waals surface area contributed by atoms with Crippen molar-refractivity contribution < 1.29 is 9.13 Å². The summed E-state index contributed by atoms with van der Waals surface area (Å²) in [5.74, 6) is 0.214. The number of aromatic nitrogens is 5. The van der Waals surface area contributed by atoms with E-state index in [0.717, 1.165) is 22.6 Å². The van der Waals surface area contributed by atoms with Crippen molar-refractivity contribution in [3.63, 3.8) is 0 Å². The molecule has 1 fully saturated rings. The summed E-state index contributed by atoms with van der Waals surface area (Å²) in [6, 6.07) is 11.0. The fraction of sp³-hybridized carbons (Fsp3) is 0.320. The van der Waals surface area contributed by atoms with Crippen molar-refractivity contribution in [3.8, 4) is 11.3 Å². The monoisotopic (exact) mass is 446 g/mol. The predicted molar refractivity (Wildman–Crippen MR) is 127 cm³/mol. The molecule has 8 heteroatoms. The van der Waals surface area contributed by atoms with Gasteiger partial charge in [0.1, 0.15) is 17.0 Å². The lowest BCUT2D eigenvalue weighted by Crippen LogP contribution is -2.37. The quantitative estimate of drug-likeness (QED) is 0.452. The number of hydrogen-bond acceptors (Lipinski definition) is 7. The molecular formula is C25H27FN6O. The standard InChI is InChI=1S/C19H20FN5O.C6H7N/c1-11-4-5-14(15(20)10-11)16-17-18(22-13(3)12(2)21-17)24-19(23-16)25-6-8-26-9-7-25;1-6-4-2-3-5-7-6/h4-5,10H,6-9H2,1-3H3;2-5H,1H3. The summed E-state index contributed by atoms with van der Waals surface area (Å²) >= 11 is 0. The third kappa shape index (κ3) is 5.28. The minimum atomic E-state index is -0.321. The number of morpholine rings is 1. The van der Waals surface area contributed by atoms with Crippen LogP contribution in [0.1, 0.15) is 22.6 Å². The van der Waals surface area contributed by atoms with Crippen molar-refractivity contribution >= 4 is 17.1 Å². The Hall–Kier alpha value is -3.52. The molecule has 170 valence electrons. The summed E-state index contributed by atoms with van der Waals surface area (Å²) in [6.07, 6.45) is 1.79. The van der Waals surface area contributed by atoms with E-state index < -0.39 is 0 Å². The molecule has 0 saturated carbocycles. The van der Waals surface area contributed by atoms with Crippen LogP contribution in [0, 0.1) is 33.5 Å². The van der Waals surface area contributed by atoms with Gasteiger partial charge in [0.05, 0.1) is 24.6 Å². The van der Waals surface area contributed by atoms with Crippen LogP contribution in [-0.4, -0.2) is 51.2 Å². The molecule has 3 aromatic heterocycles. The first-order chi connectivity index (χ1) is 15.9. The van der Waals surface area contributed by atoms with Crippen molar-refractivity contribution in [1.82, 2.24) is 24.9 Å². The van der Waals surface area contributed by atoms with Gasteiger partial charge in [-0.05, 0) is 57.5 Å². The minimum absolute atomic E-state index is 0.321. The van der Waals surface area contributed by atoms with Gasteiger partial charge >= 0.3 is 0 Å². The largest absolute Gasteiger partial charge is 0.378 e. The smallest absolute Gasteiger partial charge is 0.228 e. The Labute approximate surface area is 192 Å². The van der Waals surface area contributed by atoms with Crippen molar-refractivity contribution in [2.75, 3.05) is 31.2 Å². The lowest BCUT2D eigenvalue weighted by molar-refractivity contribution is 0.122. The number of aryl methyl sites for hydroxylation is 4. The van der Waals surface area contributed by atoms with Crippen LogP contribution in [0.25, 0.3) is 22.4 Å². The van der Waals surface area contributed by atoms with Crippen LogP contribution in [0.3, 0.4) is 0 Å². The average Bonchev–Trinajstić information content (AvgIpc) is 2.81. The maximum atomic E-state index is 14.7. The van der Waals surface area contributed by atoms with E-state index in [-0.39, 0.29) is 5.82 Å². The molecule has 0 spiro atoms. The van der Waals surface area contributed by atoms with Crippen molar-refractivity contribution in [3.05, 3.63) is 71.1 Å². The maximum absolute atomic E-state index is 14.7. The highest BCUT2D eigenvalue weighted by Crippen LogP contribution is 2.29. The molecule has 7 nitrogen and oxygen atoms in total. The molecule has 0 unspecified atom stereocenters. The Morgan fingerprint density at radius 2 is 1.64 bits per heavy atom. The van der Waals surface area contributed by atoms with E-state index in [1.807, 2.05) is 56.9 Å². The Kier molecular flexibility index (Phi) is 6.84. The van der Waals surface area contributed by atoms with Gasteiger partial charge in [0.15, 0.2) is 5.65 Å². The molecule has 1 aromatic carbocycles. The number of nitrogens with zero attached hydrogens (tertiary/aromatic N) is 6. The summed E-state index contributed by atoms with van der Waals surface area (Å²) in [5, 5.41) is 0. The average molecular weight is 447 g/mol. The molecule has 0 aliphatic carbocycles. The summed E-state index contributed by atoms with van der Waals surface area (Å²) in [5.41, 5.74) is 5.42. The number of rotatable bonds is 2. The lowest BCUT2D eigenvalue weighted by atomic mass is 10.1. The zero-order valence-corrected chi connectivity index (χ0v) is 19.3. The van der Waals surface area contributed by atoms with E-state index in [4.69, 9.17) is 4.74 Å². The maximum Gasteiger partial charge on any atom is 0.228 e. The van der Waals surface area contributed by atoms with Gasteiger partial charge < -0.3 is 9.64 Å². The molecule has 0 bridgehead atoms. The van der Waals surface area contributed by atoms with E-state index in [1.54, 1.807) is 12.3 Å². The van der Waals surface area contributed by atoms with Crippen molar-refractivity contribution in [1.29, 1.82) is 0 Å². The zero-order chi connectivity index (χ0) is 23.4. The molecule has 0 N–H and O–H groups in total. The van der Waals surface area contributed by atoms with Gasteiger partial charge in [-0.15, -0.1) is 0 Å². The number of halogens is 1. The first kappa shape index (κ1) is 22.7. The van der Waals surface area contributed by atoms with Crippen LogP contribution < -0.4 is 4.90 Å². The van der Waals surface area contributed by atoms with Crippen LogP contribution in [0.2, 0.25) is 0 Å². The van der Waals surface area contributed by atoms with Gasteiger partial charge in [0.2, 0.25) is 5.95 Å². The lowest BCUT2D eigenvalue weighted by Gasteiger charge is -2.27. The minimum Gasteiger partial charge on any atom is -0.378 e. The van der Waals surface area contributed by atoms with Gasteiger partial charge in [0.25, 0.3) is 0 Å². The van der Waals surface area contributed by atoms with Crippen LogP contribution >= 0.6 is 0 Å². The molecule has 0 atom stereocenters. The Morgan fingerprint density at radius 1 is 0.879 bits per heavy atom. The summed E-state index contributed by atoms with van der Waals surface area (Å²) in [6.45, 7) is 10.2.